The van der Waals surface area contributed by atoms with Gasteiger partial charge in [0.1, 0.15) is 6.61 Å². The molecule has 138 valence electrons. The van der Waals surface area contributed by atoms with Crippen molar-refractivity contribution in [3.8, 4) is 5.75 Å². The molecule has 0 bridgehead atoms. The van der Waals surface area contributed by atoms with Crippen molar-refractivity contribution in [2.45, 2.75) is 19.1 Å². The third kappa shape index (κ3) is 5.20. The zero-order valence-electron chi connectivity index (χ0n) is 14.6. The number of para-hydroxylation sites is 1. The number of rotatable bonds is 6. The summed E-state index contributed by atoms with van der Waals surface area (Å²) in [5, 5.41) is 3.36. The highest BCUT2D eigenvalue weighted by Gasteiger charge is 2.24. The van der Waals surface area contributed by atoms with E-state index in [2.05, 4.69) is 5.32 Å². The molecule has 0 aromatic heterocycles. The topological polar surface area (TPSA) is 50.8 Å². The van der Waals surface area contributed by atoms with Crippen molar-refractivity contribution in [1.82, 2.24) is 10.2 Å². The normalized spacial score (nSPS) is 17.0. The molecule has 1 amide bonds. The van der Waals surface area contributed by atoms with Crippen LogP contribution in [0.3, 0.4) is 0 Å². The van der Waals surface area contributed by atoms with E-state index in [0.29, 0.717) is 32.7 Å². The van der Waals surface area contributed by atoms with Crippen LogP contribution < -0.4 is 10.1 Å². The molecule has 3 rings (SSSR count). The predicted octanol–water partition coefficient (Wildman–Crippen LogP) is 3.21. The Morgan fingerprint density at radius 3 is 2.73 bits per heavy atom. The lowest BCUT2D eigenvalue weighted by Crippen LogP contribution is -2.53. The second-order valence-electron chi connectivity index (χ2n) is 6.20. The summed E-state index contributed by atoms with van der Waals surface area (Å²) in [7, 11) is 0. The molecule has 6 heteroatoms. The van der Waals surface area contributed by atoms with Gasteiger partial charge in [0, 0.05) is 25.7 Å². The predicted molar refractivity (Wildman–Crippen MR) is 96.5 cm³/mol. The average molecular weight is 358 g/mol. The Kier molecular flexibility index (Phi) is 6.44. The minimum absolute atomic E-state index is 0.0970. The summed E-state index contributed by atoms with van der Waals surface area (Å²) < 4.78 is 24.4. The molecule has 2 aromatic carbocycles. The lowest BCUT2D eigenvalue weighted by Gasteiger charge is -2.33. The van der Waals surface area contributed by atoms with E-state index in [9.17, 15) is 9.18 Å². The Bertz CT molecular complexity index is 711. The maximum absolute atomic E-state index is 13.5. The summed E-state index contributed by atoms with van der Waals surface area (Å²) in [5.74, 6) is -0.113. The van der Waals surface area contributed by atoms with Crippen molar-refractivity contribution in [3.05, 3.63) is 66.0 Å². The summed E-state index contributed by atoms with van der Waals surface area (Å²) >= 11 is 0. The highest BCUT2D eigenvalue weighted by atomic mass is 19.1. The van der Waals surface area contributed by atoms with Crippen molar-refractivity contribution in [3.63, 3.8) is 0 Å². The van der Waals surface area contributed by atoms with Crippen molar-refractivity contribution >= 4 is 6.09 Å². The standard InChI is InChI=1S/C20H23FN2O3/c21-18-8-4-5-9-19(18)25-13-10-17-14-23(12-11-22-17)20(24)26-15-16-6-2-1-3-7-16/h1-9,17,22H,10-15H2/t17-/m1/s1. The zero-order valence-corrected chi connectivity index (χ0v) is 14.6. The zero-order chi connectivity index (χ0) is 18.2. The van der Waals surface area contributed by atoms with Crippen LogP contribution in [0.5, 0.6) is 5.75 Å². The molecule has 0 radical (unpaired) electrons. The van der Waals surface area contributed by atoms with Crippen LogP contribution in [0.4, 0.5) is 9.18 Å². The van der Waals surface area contributed by atoms with Crippen LogP contribution >= 0.6 is 0 Å². The summed E-state index contributed by atoms with van der Waals surface area (Å²) in [6.45, 7) is 2.51. The highest BCUT2D eigenvalue weighted by molar-refractivity contribution is 5.67. The maximum Gasteiger partial charge on any atom is 0.410 e. The minimum atomic E-state index is -0.366. The first-order chi connectivity index (χ1) is 12.7. The van der Waals surface area contributed by atoms with Gasteiger partial charge in [0.2, 0.25) is 0 Å². The van der Waals surface area contributed by atoms with Gasteiger partial charge in [-0.15, -0.1) is 0 Å². The second kappa shape index (κ2) is 9.20. The largest absolute Gasteiger partial charge is 0.490 e. The number of hydrogen-bond donors (Lipinski definition) is 1. The van der Waals surface area contributed by atoms with Crippen LogP contribution in [0.15, 0.2) is 54.6 Å². The Labute approximate surface area is 152 Å². The maximum atomic E-state index is 13.5. The van der Waals surface area contributed by atoms with Crippen molar-refractivity contribution in [2.75, 3.05) is 26.2 Å². The van der Waals surface area contributed by atoms with E-state index >= 15 is 0 Å². The molecule has 0 aliphatic carbocycles. The monoisotopic (exact) mass is 358 g/mol. The van der Waals surface area contributed by atoms with E-state index in [0.717, 1.165) is 5.56 Å². The third-order valence-corrected chi connectivity index (χ3v) is 4.28. The Hall–Kier alpha value is -2.60. The fourth-order valence-electron chi connectivity index (χ4n) is 2.87. The molecular formula is C20H23FN2O3. The number of carbonyl (C=O) groups excluding carboxylic acids is 1. The molecule has 1 fully saturated rings. The summed E-state index contributed by atoms with van der Waals surface area (Å²) in [6.07, 6.45) is 0.368. The number of ether oxygens (including phenoxy) is 2. The van der Waals surface area contributed by atoms with Crippen LogP contribution in [0, 0.1) is 5.82 Å². The second-order valence-corrected chi connectivity index (χ2v) is 6.20. The number of carbonyl (C=O) groups is 1. The van der Waals surface area contributed by atoms with Crippen LogP contribution in [0.2, 0.25) is 0 Å². The van der Waals surface area contributed by atoms with E-state index in [1.807, 2.05) is 30.3 Å². The number of piperazine rings is 1. The lowest BCUT2D eigenvalue weighted by molar-refractivity contribution is 0.0826. The molecule has 1 N–H and O–H groups in total. The van der Waals surface area contributed by atoms with E-state index in [1.165, 1.54) is 6.07 Å². The molecule has 2 aromatic rings. The molecule has 26 heavy (non-hydrogen) atoms. The molecular weight excluding hydrogens is 335 g/mol. The molecule has 1 aliphatic heterocycles. The minimum Gasteiger partial charge on any atom is -0.490 e. The number of benzene rings is 2. The summed E-state index contributed by atoms with van der Waals surface area (Å²) in [4.78, 5) is 14.0. The fourth-order valence-corrected chi connectivity index (χ4v) is 2.87. The van der Waals surface area contributed by atoms with Gasteiger partial charge < -0.3 is 19.7 Å². The van der Waals surface area contributed by atoms with E-state index in [1.54, 1.807) is 23.1 Å². The van der Waals surface area contributed by atoms with Crippen LogP contribution in [-0.4, -0.2) is 43.3 Å². The van der Waals surface area contributed by atoms with Crippen LogP contribution in [0.1, 0.15) is 12.0 Å². The van der Waals surface area contributed by atoms with Gasteiger partial charge >= 0.3 is 6.09 Å². The number of nitrogens with zero attached hydrogens (tertiary/aromatic N) is 1. The van der Waals surface area contributed by atoms with Gasteiger partial charge in [-0.25, -0.2) is 9.18 Å². The van der Waals surface area contributed by atoms with Crippen molar-refractivity contribution < 1.29 is 18.7 Å². The highest BCUT2D eigenvalue weighted by Crippen LogP contribution is 2.16. The molecule has 1 aliphatic rings. The quantitative estimate of drug-likeness (QED) is 0.862. The van der Waals surface area contributed by atoms with Gasteiger partial charge in [-0.3, -0.25) is 0 Å². The number of amides is 1. The smallest absolute Gasteiger partial charge is 0.410 e. The van der Waals surface area contributed by atoms with Crippen LogP contribution in [0.25, 0.3) is 0 Å². The van der Waals surface area contributed by atoms with Gasteiger partial charge in [0.15, 0.2) is 11.6 Å². The third-order valence-electron chi connectivity index (χ3n) is 4.28. The fraction of sp³-hybridized carbons (Fsp3) is 0.350. The molecule has 1 atom stereocenters. The molecule has 5 nitrogen and oxygen atoms in total. The average Bonchev–Trinajstić information content (AvgIpc) is 2.69. The first-order valence-corrected chi connectivity index (χ1v) is 8.79. The molecule has 1 heterocycles. The van der Waals surface area contributed by atoms with Gasteiger partial charge in [-0.2, -0.15) is 0 Å². The lowest BCUT2D eigenvalue weighted by atomic mass is 10.1. The van der Waals surface area contributed by atoms with E-state index < -0.39 is 0 Å². The van der Waals surface area contributed by atoms with Gasteiger partial charge in [0.05, 0.1) is 6.61 Å². The molecule has 1 saturated heterocycles. The summed E-state index contributed by atoms with van der Waals surface area (Å²) in [5.41, 5.74) is 0.964. The van der Waals surface area contributed by atoms with Crippen molar-refractivity contribution in [2.24, 2.45) is 0 Å². The Morgan fingerprint density at radius 2 is 1.92 bits per heavy atom. The number of halogens is 1. The first-order valence-electron chi connectivity index (χ1n) is 8.79. The first kappa shape index (κ1) is 18.2. The number of nitrogens with one attached hydrogen (secondary N) is 1. The van der Waals surface area contributed by atoms with E-state index in [-0.39, 0.29) is 30.3 Å². The van der Waals surface area contributed by atoms with Crippen molar-refractivity contribution in [1.29, 1.82) is 0 Å². The van der Waals surface area contributed by atoms with Gasteiger partial charge in [-0.05, 0) is 24.1 Å². The Balaban J connectivity index is 1.42. The van der Waals surface area contributed by atoms with Gasteiger partial charge in [-0.1, -0.05) is 42.5 Å². The molecule has 0 spiro atoms. The Morgan fingerprint density at radius 1 is 1.15 bits per heavy atom. The summed E-state index contributed by atoms with van der Waals surface area (Å²) in [6, 6.07) is 16.1. The SMILES string of the molecule is O=C(OCc1ccccc1)N1CCN[C@H](CCOc2ccccc2F)C1. The van der Waals surface area contributed by atoms with Gasteiger partial charge in [0.25, 0.3) is 0 Å². The van der Waals surface area contributed by atoms with E-state index in [4.69, 9.17) is 9.47 Å². The molecule has 0 saturated carbocycles. The van der Waals surface area contributed by atoms with Crippen LogP contribution in [-0.2, 0) is 11.3 Å². The number of hydrogen-bond acceptors (Lipinski definition) is 4. The molecule has 0 unspecified atom stereocenters.